The van der Waals surface area contributed by atoms with E-state index >= 15 is 0 Å². The Morgan fingerprint density at radius 2 is 1.98 bits per heavy atom. The van der Waals surface area contributed by atoms with Gasteiger partial charge >= 0.3 is 10.1 Å². The van der Waals surface area contributed by atoms with Crippen molar-refractivity contribution in [2.24, 2.45) is 0 Å². The Morgan fingerprint density at radius 3 is 2.66 bits per heavy atom. The fraction of sp³-hybridized carbons (Fsp3) is 0.480. The Morgan fingerprint density at radius 1 is 1.22 bits per heavy atom. The van der Waals surface area contributed by atoms with Gasteiger partial charge in [0.2, 0.25) is 0 Å². The number of nitrogens with zero attached hydrogens (tertiary/aromatic N) is 3. The van der Waals surface area contributed by atoms with Gasteiger partial charge in [0.25, 0.3) is 12.9 Å². The molecule has 0 amide bonds. The number of Topliss-reactive ketones (excluding diaryl/α,β-unsaturated/α-hetero) is 1. The number of ketones is 1. The van der Waals surface area contributed by atoms with Crippen LogP contribution in [0.25, 0.3) is 0 Å². The Hall–Kier alpha value is -2.92. The molecule has 1 saturated heterocycles. The summed E-state index contributed by atoms with van der Waals surface area (Å²) >= 11 is 1.10. The number of piperidine rings is 1. The van der Waals surface area contributed by atoms with E-state index in [1.807, 2.05) is 0 Å². The zero-order valence-electron chi connectivity index (χ0n) is 21.7. The number of hydrogen-bond acceptors (Lipinski definition) is 10. The van der Waals surface area contributed by atoms with Gasteiger partial charge in [-0.25, -0.2) is 22.5 Å². The van der Waals surface area contributed by atoms with Gasteiger partial charge in [-0.15, -0.1) is 11.3 Å². The highest BCUT2D eigenvalue weighted by molar-refractivity contribution is 7.86. The third kappa shape index (κ3) is 6.61. The van der Waals surface area contributed by atoms with E-state index in [4.69, 9.17) is 18.6 Å². The van der Waals surface area contributed by atoms with Gasteiger partial charge < -0.3 is 19.0 Å². The van der Waals surface area contributed by atoms with Crippen molar-refractivity contribution in [1.82, 2.24) is 20.1 Å². The van der Waals surface area contributed by atoms with Crippen LogP contribution in [0.1, 0.15) is 80.6 Å². The van der Waals surface area contributed by atoms with E-state index in [9.17, 15) is 30.8 Å². The Balaban J connectivity index is 1.58. The van der Waals surface area contributed by atoms with Crippen molar-refractivity contribution in [3.05, 3.63) is 62.4 Å². The second-order valence-electron chi connectivity index (χ2n) is 9.59. The number of nitrogens with one attached hydrogen (secondary N) is 1. The molecule has 2 aliphatic rings. The van der Waals surface area contributed by atoms with Crippen molar-refractivity contribution < 1.29 is 44.4 Å². The first kappa shape index (κ1) is 29.6. The third-order valence-corrected chi connectivity index (χ3v) is 8.44. The maximum absolute atomic E-state index is 13.7. The first-order valence-electron chi connectivity index (χ1n) is 12.6. The Labute approximate surface area is 236 Å². The van der Waals surface area contributed by atoms with E-state index in [2.05, 4.69) is 10.4 Å². The van der Waals surface area contributed by atoms with Crippen molar-refractivity contribution in [2.45, 2.75) is 50.9 Å². The number of ether oxygens (including phenoxy) is 2. The fourth-order valence-corrected chi connectivity index (χ4v) is 6.51. The fourth-order valence-electron chi connectivity index (χ4n) is 4.84. The van der Waals surface area contributed by atoms with E-state index in [1.165, 1.54) is 6.07 Å². The molecule has 1 unspecified atom stereocenters. The lowest BCUT2D eigenvalue weighted by atomic mass is 9.97. The summed E-state index contributed by atoms with van der Waals surface area (Å²) in [6, 6.07) is 5.28. The number of carbonyl (C=O) groups excluding carboxylic acids is 1. The normalized spacial score (nSPS) is 18.5. The van der Waals surface area contributed by atoms with E-state index < -0.39 is 52.8 Å². The average molecular weight is 619 g/mol. The van der Waals surface area contributed by atoms with Gasteiger partial charge in [-0.2, -0.15) is 13.5 Å². The minimum Gasteiger partial charge on any atom is -0.382 e. The largest absolute Gasteiger partial charge is 0.382 e. The van der Waals surface area contributed by atoms with Gasteiger partial charge in [-0.05, 0) is 43.6 Å². The summed E-state index contributed by atoms with van der Waals surface area (Å²) in [6.07, 6.45) is -4.80. The number of rotatable bonds is 9. The molecule has 2 aromatic heterocycles. The van der Waals surface area contributed by atoms with Crippen molar-refractivity contribution in [3.8, 4) is 5.75 Å². The number of carbonyl (C=O) groups is 1. The summed E-state index contributed by atoms with van der Waals surface area (Å²) in [7, 11) is -3.88. The molecule has 4 heterocycles. The molecule has 2 aliphatic heterocycles. The van der Waals surface area contributed by atoms with Crippen LogP contribution >= 0.6 is 11.3 Å². The second kappa shape index (κ2) is 12.1. The van der Waals surface area contributed by atoms with Crippen molar-refractivity contribution in [1.29, 1.82) is 0 Å². The van der Waals surface area contributed by atoms with Crippen LogP contribution in [0, 0.1) is 0 Å². The van der Waals surface area contributed by atoms with E-state index in [-0.39, 0.29) is 35.6 Å². The Bertz CT molecular complexity index is 1520. The smallest absolute Gasteiger partial charge is 0.306 e. The first-order chi connectivity index (χ1) is 19.5. The van der Waals surface area contributed by atoms with Crippen LogP contribution in [0.5, 0.6) is 5.75 Å². The second-order valence-corrected chi connectivity index (χ2v) is 12.2. The molecule has 0 bridgehead atoms. The molecule has 1 fully saturated rings. The number of hydrogen-bond donors (Lipinski definition) is 1. The summed E-state index contributed by atoms with van der Waals surface area (Å²) in [4.78, 5) is 18.5. The third-order valence-electron chi connectivity index (χ3n) is 6.69. The summed E-state index contributed by atoms with van der Waals surface area (Å²) in [5.74, 6) is -0.614. The maximum Gasteiger partial charge on any atom is 0.306 e. The molecule has 0 radical (unpaired) electrons. The number of aromatic nitrogens is 3. The van der Waals surface area contributed by atoms with Crippen LogP contribution < -0.4 is 9.50 Å². The predicted molar refractivity (Wildman–Crippen MR) is 138 cm³/mol. The van der Waals surface area contributed by atoms with Crippen LogP contribution in [0.3, 0.4) is 0 Å². The standard InChI is InChI=1S/C25H26F4N4O6S2/c1-41(35,36)39-19-4-2-3-14-15(19)11-37-12-38-21(14)20-22(40-25(31-20)13-5-7-30-8-6-13)18(34)10-33-17(24(28)29)9-16(32-33)23(26)27/h2-4,9,13,21,23-24,30H,5-8,10-12H2,1H3. The highest BCUT2D eigenvalue weighted by Crippen LogP contribution is 2.41. The molecule has 1 atom stereocenters. The van der Waals surface area contributed by atoms with Crippen LogP contribution in [-0.4, -0.2) is 55.1 Å². The summed E-state index contributed by atoms with van der Waals surface area (Å²) in [5.41, 5.74) is -0.636. The lowest BCUT2D eigenvalue weighted by molar-refractivity contribution is -0.0759. The summed E-state index contributed by atoms with van der Waals surface area (Å²) in [6.45, 7) is 0.492. The molecule has 0 aliphatic carbocycles. The van der Waals surface area contributed by atoms with Gasteiger partial charge in [0.1, 0.15) is 36.6 Å². The molecule has 5 rings (SSSR count). The van der Waals surface area contributed by atoms with Gasteiger partial charge in [0.05, 0.1) is 28.4 Å². The number of halogens is 4. The van der Waals surface area contributed by atoms with E-state index in [0.29, 0.717) is 26.9 Å². The van der Waals surface area contributed by atoms with Gasteiger partial charge in [0, 0.05) is 11.5 Å². The molecule has 16 heteroatoms. The SMILES string of the molecule is CS(=O)(=O)Oc1cccc2c1COCOC2c1nc(C2CCNCC2)sc1C(=O)Cn1nc(C(F)F)cc1C(F)F. The molecule has 3 aromatic rings. The zero-order chi connectivity index (χ0) is 29.3. The van der Waals surface area contributed by atoms with Gasteiger partial charge in [-0.3, -0.25) is 9.48 Å². The quantitative estimate of drug-likeness (QED) is 0.210. The van der Waals surface area contributed by atoms with Crippen LogP contribution in [0.4, 0.5) is 17.6 Å². The molecule has 0 saturated carbocycles. The number of thiazole rings is 1. The minimum atomic E-state index is -3.88. The predicted octanol–water partition coefficient (Wildman–Crippen LogP) is 4.50. The summed E-state index contributed by atoms with van der Waals surface area (Å²) in [5, 5.41) is 7.45. The van der Waals surface area contributed by atoms with Crippen LogP contribution in [-0.2, 0) is 32.7 Å². The molecule has 222 valence electrons. The highest BCUT2D eigenvalue weighted by atomic mass is 32.2. The molecule has 1 N–H and O–H groups in total. The summed E-state index contributed by atoms with van der Waals surface area (Å²) < 4.78 is 94.7. The van der Waals surface area contributed by atoms with Gasteiger partial charge in [-0.1, -0.05) is 12.1 Å². The maximum atomic E-state index is 13.7. The lowest BCUT2D eigenvalue weighted by Crippen LogP contribution is -2.26. The Kier molecular flexibility index (Phi) is 8.75. The van der Waals surface area contributed by atoms with Crippen molar-refractivity contribution >= 4 is 27.2 Å². The number of benzene rings is 1. The molecule has 1 aromatic carbocycles. The molecular formula is C25H26F4N4O6S2. The number of alkyl halides is 4. The molecular weight excluding hydrogens is 592 g/mol. The average Bonchev–Trinajstić information content (AvgIpc) is 3.48. The minimum absolute atomic E-state index is 0.0229. The van der Waals surface area contributed by atoms with E-state index in [1.54, 1.807) is 12.1 Å². The zero-order valence-corrected chi connectivity index (χ0v) is 23.3. The first-order valence-corrected chi connectivity index (χ1v) is 15.2. The molecule has 10 nitrogen and oxygen atoms in total. The molecule has 0 spiro atoms. The van der Waals surface area contributed by atoms with Crippen molar-refractivity contribution in [3.63, 3.8) is 0 Å². The lowest BCUT2D eigenvalue weighted by Gasteiger charge is -2.20. The van der Waals surface area contributed by atoms with Crippen LogP contribution in [0.15, 0.2) is 24.3 Å². The van der Waals surface area contributed by atoms with Gasteiger partial charge in [0.15, 0.2) is 5.78 Å². The van der Waals surface area contributed by atoms with Crippen LogP contribution in [0.2, 0.25) is 0 Å². The number of fused-ring (bicyclic) bond motifs is 1. The monoisotopic (exact) mass is 618 g/mol. The highest BCUT2D eigenvalue weighted by Gasteiger charge is 2.34. The van der Waals surface area contributed by atoms with E-state index in [0.717, 1.165) is 43.5 Å². The molecule has 41 heavy (non-hydrogen) atoms. The van der Waals surface area contributed by atoms with Crippen molar-refractivity contribution in [2.75, 3.05) is 26.1 Å². The topological polar surface area (TPSA) is 122 Å².